The van der Waals surface area contributed by atoms with E-state index in [-0.39, 0.29) is 6.04 Å². The van der Waals surface area contributed by atoms with Crippen LogP contribution in [0, 0.1) is 11.8 Å². The molecule has 3 heteroatoms. The average Bonchev–Trinajstić information content (AvgIpc) is 2.17. The fraction of sp³-hybridized carbons (Fsp3) is 1.00. The molecule has 1 aliphatic carbocycles. The van der Waals surface area contributed by atoms with Gasteiger partial charge in [-0.25, -0.2) is 0 Å². The minimum atomic E-state index is -0.703. The van der Waals surface area contributed by atoms with Gasteiger partial charge in [0.2, 0.25) is 0 Å². The van der Waals surface area contributed by atoms with Gasteiger partial charge in [-0.2, -0.15) is 0 Å². The molecule has 0 spiro atoms. The Labute approximate surface area is 96.5 Å². The van der Waals surface area contributed by atoms with E-state index >= 15 is 0 Å². The van der Waals surface area contributed by atoms with Crippen LogP contribution in [0.2, 0.25) is 0 Å². The predicted molar refractivity (Wildman–Crippen MR) is 67.2 cm³/mol. The Morgan fingerprint density at radius 1 is 1.40 bits per heavy atom. The molecular weight excluding hydrogens is 206 g/mol. The first-order valence-corrected chi connectivity index (χ1v) is 7.51. The van der Waals surface area contributed by atoms with Crippen LogP contribution in [-0.4, -0.2) is 21.3 Å². The van der Waals surface area contributed by atoms with Crippen LogP contribution in [0.15, 0.2) is 0 Å². The Bertz CT molecular complexity index is 218. The summed E-state index contributed by atoms with van der Waals surface area (Å²) in [5.41, 5.74) is 5.97. The highest BCUT2D eigenvalue weighted by Gasteiger charge is 2.25. The van der Waals surface area contributed by atoms with Gasteiger partial charge in [-0.1, -0.05) is 33.6 Å². The molecule has 2 nitrogen and oxygen atoms in total. The molecule has 0 aromatic rings. The van der Waals surface area contributed by atoms with Crippen LogP contribution in [0.25, 0.3) is 0 Å². The van der Waals surface area contributed by atoms with E-state index in [4.69, 9.17) is 5.73 Å². The first-order valence-electron chi connectivity index (χ1n) is 6.13. The van der Waals surface area contributed by atoms with Crippen molar-refractivity contribution in [3.63, 3.8) is 0 Å². The standard InChI is InChI=1S/C12H25NOS/c1-9(2)12(13)8-15(14)11-6-4-5-10(3)7-11/h9-12H,4-8,13H2,1-3H3. The smallest absolute Gasteiger partial charge is 0.0391 e. The van der Waals surface area contributed by atoms with Gasteiger partial charge in [0, 0.05) is 27.8 Å². The summed E-state index contributed by atoms with van der Waals surface area (Å²) in [4.78, 5) is 0. The van der Waals surface area contributed by atoms with E-state index in [1.807, 2.05) is 0 Å². The molecule has 0 aromatic heterocycles. The summed E-state index contributed by atoms with van der Waals surface area (Å²) in [5, 5.41) is 0.415. The Morgan fingerprint density at radius 3 is 2.60 bits per heavy atom. The molecule has 2 N–H and O–H groups in total. The Kier molecular flexibility index (Phi) is 5.27. The molecular formula is C12H25NOS. The summed E-state index contributed by atoms with van der Waals surface area (Å²) in [6.45, 7) is 6.47. The molecule has 0 aliphatic heterocycles. The molecule has 0 radical (unpaired) electrons. The van der Waals surface area contributed by atoms with Crippen molar-refractivity contribution < 1.29 is 4.21 Å². The SMILES string of the molecule is CC1CCCC(S(=O)CC(N)C(C)C)C1. The van der Waals surface area contributed by atoms with E-state index < -0.39 is 10.8 Å². The molecule has 1 aliphatic rings. The number of hydrogen-bond donors (Lipinski definition) is 1. The molecule has 90 valence electrons. The Morgan fingerprint density at radius 2 is 2.07 bits per heavy atom. The lowest BCUT2D eigenvalue weighted by atomic mass is 9.91. The summed E-state index contributed by atoms with van der Waals surface area (Å²) >= 11 is 0. The number of rotatable bonds is 4. The zero-order valence-electron chi connectivity index (χ0n) is 10.2. The van der Waals surface area contributed by atoms with Gasteiger partial charge < -0.3 is 5.73 Å². The van der Waals surface area contributed by atoms with E-state index in [1.165, 1.54) is 12.8 Å². The maximum absolute atomic E-state index is 12.1. The number of hydrogen-bond acceptors (Lipinski definition) is 2. The molecule has 4 unspecified atom stereocenters. The van der Waals surface area contributed by atoms with Crippen LogP contribution >= 0.6 is 0 Å². The van der Waals surface area contributed by atoms with Gasteiger partial charge in [-0.3, -0.25) is 4.21 Å². The second-order valence-corrected chi connectivity index (χ2v) is 7.11. The summed E-state index contributed by atoms with van der Waals surface area (Å²) in [6.07, 6.45) is 4.83. The monoisotopic (exact) mass is 231 g/mol. The highest BCUT2D eigenvalue weighted by molar-refractivity contribution is 7.85. The van der Waals surface area contributed by atoms with Gasteiger partial charge in [0.1, 0.15) is 0 Å². The van der Waals surface area contributed by atoms with Gasteiger partial charge >= 0.3 is 0 Å². The van der Waals surface area contributed by atoms with Crippen molar-refractivity contribution in [1.29, 1.82) is 0 Å². The largest absolute Gasteiger partial charge is 0.327 e. The van der Waals surface area contributed by atoms with Crippen molar-refractivity contribution in [3.8, 4) is 0 Å². The van der Waals surface area contributed by atoms with E-state index in [1.54, 1.807) is 0 Å². The van der Waals surface area contributed by atoms with E-state index in [0.29, 0.717) is 16.9 Å². The van der Waals surface area contributed by atoms with Gasteiger partial charge in [-0.05, 0) is 24.7 Å². The van der Waals surface area contributed by atoms with Crippen molar-refractivity contribution in [2.45, 2.75) is 57.7 Å². The molecule has 0 aromatic carbocycles. The minimum Gasteiger partial charge on any atom is -0.327 e. The lowest BCUT2D eigenvalue weighted by Gasteiger charge is -2.27. The van der Waals surface area contributed by atoms with Crippen molar-refractivity contribution in [2.24, 2.45) is 17.6 Å². The van der Waals surface area contributed by atoms with E-state index in [9.17, 15) is 4.21 Å². The fourth-order valence-corrected chi connectivity index (χ4v) is 4.14. The van der Waals surface area contributed by atoms with Crippen LogP contribution in [0.3, 0.4) is 0 Å². The lowest BCUT2D eigenvalue weighted by Crippen LogP contribution is -2.36. The van der Waals surface area contributed by atoms with Crippen molar-refractivity contribution in [2.75, 3.05) is 5.75 Å². The third-order valence-corrected chi connectivity index (χ3v) is 5.36. The van der Waals surface area contributed by atoms with Crippen molar-refractivity contribution in [3.05, 3.63) is 0 Å². The topological polar surface area (TPSA) is 43.1 Å². The van der Waals surface area contributed by atoms with E-state index in [2.05, 4.69) is 20.8 Å². The molecule has 0 saturated heterocycles. The maximum atomic E-state index is 12.1. The molecule has 0 amide bonds. The van der Waals surface area contributed by atoms with Crippen molar-refractivity contribution >= 4 is 10.8 Å². The molecule has 1 rings (SSSR count). The summed E-state index contributed by atoms with van der Waals surface area (Å²) in [7, 11) is -0.703. The van der Waals surface area contributed by atoms with Crippen LogP contribution < -0.4 is 5.73 Å². The zero-order valence-corrected chi connectivity index (χ0v) is 11.1. The predicted octanol–water partition coefficient (Wildman–Crippen LogP) is 2.30. The van der Waals surface area contributed by atoms with Crippen LogP contribution in [-0.2, 0) is 10.8 Å². The van der Waals surface area contributed by atoms with Gasteiger partial charge in [0.05, 0.1) is 0 Å². The molecule has 15 heavy (non-hydrogen) atoms. The summed E-state index contributed by atoms with van der Waals surface area (Å²) in [6, 6.07) is 0.100. The number of nitrogens with two attached hydrogens (primary N) is 1. The normalized spacial score (nSPS) is 31.5. The lowest BCUT2D eigenvalue weighted by molar-refractivity contribution is 0.388. The third kappa shape index (κ3) is 4.23. The molecule has 0 bridgehead atoms. The highest BCUT2D eigenvalue weighted by Crippen LogP contribution is 2.27. The van der Waals surface area contributed by atoms with Crippen LogP contribution in [0.5, 0.6) is 0 Å². The van der Waals surface area contributed by atoms with Gasteiger partial charge in [0.25, 0.3) is 0 Å². The van der Waals surface area contributed by atoms with Gasteiger partial charge in [-0.15, -0.1) is 0 Å². The Balaban J connectivity index is 2.39. The third-order valence-electron chi connectivity index (χ3n) is 3.47. The zero-order chi connectivity index (χ0) is 11.4. The minimum absolute atomic E-state index is 0.100. The summed E-state index contributed by atoms with van der Waals surface area (Å²) in [5.74, 6) is 1.88. The van der Waals surface area contributed by atoms with Gasteiger partial charge in [0.15, 0.2) is 0 Å². The second-order valence-electron chi connectivity index (χ2n) is 5.35. The molecule has 1 saturated carbocycles. The first kappa shape index (κ1) is 13.2. The molecule has 1 fully saturated rings. The fourth-order valence-electron chi connectivity index (χ4n) is 2.14. The van der Waals surface area contributed by atoms with Crippen LogP contribution in [0.1, 0.15) is 46.5 Å². The highest BCUT2D eigenvalue weighted by atomic mass is 32.2. The quantitative estimate of drug-likeness (QED) is 0.807. The maximum Gasteiger partial charge on any atom is 0.0391 e. The van der Waals surface area contributed by atoms with Crippen LogP contribution in [0.4, 0.5) is 0 Å². The Hall–Kier alpha value is 0.110. The van der Waals surface area contributed by atoms with Crippen molar-refractivity contribution in [1.82, 2.24) is 0 Å². The molecule has 0 heterocycles. The van der Waals surface area contributed by atoms with E-state index in [0.717, 1.165) is 18.8 Å². The second kappa shape index (κ2) is 6.00. The summed E-state index contributed by atoms with van der Waals surface area (Å²) < 4.78 is 12.1. The molecule has 4 atom stereocenters. The average molecular weight is 231 g/mol. The first-order chi connectivity index (χ1) is 7.00.